The van der Waals surface area contributed by atoms with Gasteiger partial charge in [-0.2, -0.15) is 21.6 Å². The molecule has 0 unspecified atom stereocenters. The van der Waals surface area contributed by atoms with Gasteiger partial charge in [-0.15, -0.1) is 0 Å². The van der Waals surface area contributed by atoms with Gasteiger partial charge in [0.25, 0.3) is 21.7 Å². The summed E-state index contributed by atoms with van der Waals surface area (Å²) in [4.78, 5) is 33.7. The number of isocyanates is 1. The minimum atomic E-state index is -4.92. The maximum Gasteiger partial charge on any atom is 0.431 e. The molecule has 0 aliphatic carbocycles. The molecule has 0 radical (unpaired) electrons. The molecule has 0 bridgehead atoms. The monoisotopic (exact) mass is 375 g/mol. The fraction of sp³-hybridized carbons (Fsp3) is 0.154. The first kappa shape index (κ1) is 18.4. The number of nitrogens with zero attached hydrogens (tertiary/aromatic N) is 3. The SMILES string of the molecule is Cn1c(C(F)(F)F)cc(=O)n(-c2cccc(S(=O)(=O)N=C=O)c2)c1=O. The molecule has 8 nitrogen and oxygen atoms in total. The van der Waals surface area contributed by atoms with Gasteiger partial charge in [0.1, 0.15) is 5.69 Å². The van der Waals surface area contributed by atoms with Crippen molar-refractivity contribution in [3.8, 4) is 5.69 Å². The van der Waals surface area contributed by atoms with Crippen molar-refractivity contribution in [3.05, 3.63) is 56.9 Å². The molecule has 25 heavy (non-hydrogen) atoms. The van der Waals surface area contributed by atoms with Crippen LogP contribution in [0.3, 0.4) is 0 Å². The summed E-state index contributed by atoms with van der Waals surface area (Å²) in [6.07, 6.45) is -4.07. The van der Waals surface area contributed by atoms with Gasteiger partial charge in [0.15, 0.2) is 0 Å². The van der Waals surface area contributed by atoms with Gasteiger partial charge < -0.3 is 0 Å². The summed E-state index contributed by atoms with van der Waals surface area (Å²) in [5, 5.41) is 0. The highest BCUT2D eigenvalue weighted by Crippen LogP contribution is 2.27. The second-order valence-electron chi connectivity index (χ2n) is 4.70. The van der Waals surface area contributed by atoms with Gasteiger partial charge >= 0.3 is 11.9 Å². The highest BCUT2D eigenvalue weighted by atomic mass is 32.2. The fourth-order valence-electron chi connectivity index (χ4n) is 2.02. The number of hydrogen-bond acceptors (Lipinski definition) is 5. The van der Waals surface area contributed by atoms with E-state index >= 15 is 0 Å². The smallest absolute Gasteiger partial charge is 0.292 e. The minimum Gasteiger partial charge on any atom is -0.292 e. The first-order valence-electron chi connectivity index (χ1n) is 6.34. The predicted octanol–water partition coefficient (Wildman–Crippen LogP) is 0.580. The van der Waals surface area contributed by atoms with Crippen LogP contribution in [-0.4, -0.2) is 23.6 Å². The molecule has 2 aromatic rings. The molecule has 0 fully saturated rings. The second kappa shape index (κ2) is 6.15. The number of rotatable bonds is 3. The molecule has 0 atom stereocenters. The van der Waals surface area contributed by atoms with Crippen LogP contribution < -0.4 is 11.2 Å². The molecule has 0 aliphatic rings. The lowest BCUT2D eigenvalue weighted by Crippen LogP contribution is -2.40. The Hall–Kier alpha value is -2.98. The van der Waals surface area contributed by atoms with E-state index in [9.17, 15) is 36.0 Å². The normalized spacial score (nSPS) is 11.8. The van der Waals surface area contributed by atoms with Crippen LogP contribution in [-0.2, 0) is 28.0 Å². The van der Waals surface area contributed by atoms with Crippen LogP contribution >= 0.6 is 0 Å². The first-order chi connectivity index (χ1) is 11.5. The number of benzene rings is 1. The molecule has 0 saturated heterocycles. The molecular formula is C13H8F3N3O5S. The summed E-state index contributed by atoms with van der Waals surface area (Å²) in [5.74, 6) is 0. The van der Waals surface area contributed by atoms with Crippen molar-refractivity contribution in [3.63, 3.8) is 0 Å². The van der Waals surface area contributed by atoms with E-state index in [1.165, 1.54) is 0 Å². The molecule has 0 amide bonds. The van der Waals surface area contributed by atoms with E-state index in [-0.39, 0.29) is 16.3 Å². The van der Waals surface area contributed by atoms with Gasteiger partial charge in [0, 0.05) is 13.1 Å². The van der Waals surface area contributed by atoms with Crippen LogP contribution in [0.1, 0.15) is 5.69 Å². The van der Waals surface area contributed by atoms with E-state index in [0.29, 0.717) is 4.57 Å². The number of hydrogen-bond donors (Lipinski definition) is 0. The van der Waals surface area contributed by atoms with Gasteiger partial charge in [0.2, 0.25) is 0 Å². The Labute approximate surface area is 137 Å². The van der Waals surface area contributed by atoms with Crippen LogP contribution in [0, 0.1) is 0 Å². The maximum absolute atomic E-state index is 12.8. The van der Waals surface area contributed by atoms with E-state index in [1.807, 2.05) is 0 Å². The largest absolute Gasteiger partial charge is 0.431 e. The highest BCUT2D eigenvalue weighted by molar-refractivity contribution is 7.90. The van der Waals surface area contributed by atoms with E-state index in [4.69, 9.17) is 0 Å². The Morgan fingerprint density at radius 1 is 1.16 bits per heavy atom. The first-order valence-corrected chi connectivity index (χ1v) is 7.78. The lowest BCUT2D eigenvalue weighted by atomic mass is 10.3. The molecule has 0 aliphatic heterocycles. The second-order valence-corrected chi connectivity index (χ2v) is 6.30. The fourth-order valence-corrected chi connectivity index (χ4v) is 2.74. The summed E-state index contributed by atoms with van der Waals surface area (Å²) >= 11 is 0. The lowest BCUT2D eigenvalue weighted by Gasteiger charge is -2.14. The van der Waals surface area contributed by atoms with Crippen molar-refractivity contribution in [1.29, 1.82) is 0 Å². The highest BCUT2D eigenvalue weighted by Gasteiger charge is 2.35. The summed E-state index contributed by atoms with van der Waals surface area (Å²) in [7, 11) is -3.59. The molecular weight excluding hydrogens is 367 g/mol. The number of halogens is 3. The molecule has 1 aromatic carbocycles. The van der Waals surface area contributed by atoms with E-state index in [0.717, 1.165) is 37.4 Å². The molecule has 132 valence electrons. The van der Waals surface area contributed by atoms with Crippen LogP contribution in [0.25, 0.3) is 5.69 Å². The Morgan fingerprint density at radius 2 is 1.80 bits per heavy atom. The van der Waals surface area contributed by atoms with Crippen molar-refractivity contribution >= 4 is 16.1 Å². The zero-order valence-electron chi connectivity index (χ0n) is 12.3. The average molecular weight is 375 g/mol. The minimum absolute atomic E-state index is 0.214. The average Bonchev–Trinajstić information content (AvgIpc) is 2.50. The van der Waals surface area contributed by atoms with E-state index in [2.05, 4.69) is 4.40 Å². The third-order valence-electron chi connectivity index (χ3n) is 3.14. The molecule has 2 rings (SSSR count). The Morgan fingerprint density at radius 3 is 2.36 bits per heavy atom. The van der Waals surface area contributed by atoms with E-state index < -0.39 is 38.0 Å². The molecule has 0 N–H and O–H groups in total. The Bertz CT molecular complexity index is 1110. The van der Waals surface area contributed by atoms with Crippen LogP contribution in [0.2, 0.25) is 0 Å². The molecule has 1 heterocycles. The maximum atomic E-state index is 12.8. The third-order valence-corrected chi connectivity index (χ3v) is 4.31. The van der Waals surface area contributed by atoms with E-state index in [1.54, 1.807) is 0 Å². The third kappa shape index (κ3) is 3.44. The number of sulfonamides is 1. The number of alkyl halides is 3. The zero-order chi connectivity index (χ0) is 19.0. The van der Waals surface area contributed by atoms with Crippen molar-refractivity contribution in [1.82, 2.24) is 9.13 Å². The topological polar surface area (TPSA) is 108 Å². The summed E-state index contributed by atoms with van der Waals surface area (Å²) in [5.41, 5.74) is -4.38. The standard InChI is InChI=1S/C13H8F3N3O5S/c1-18-10(13(14,15)16)6-11(21)19(12(18)22)8-3-2-4-9(5-8)25(23,24)17-7-20/h2-6H,1H3. The lowest BCUT2D eigenvalue weighted by molar-refractivity contribution is -0.144. The van der Waals surface area contributed by atoms with Crippen LogP contribution in [0.5, 0.6) is 0 Å². The number of carbonyl (C=O) groups excluding carboxylic acids is 1. The molecule has 0 saturated carbocycles. The summed E-state index contributed by atoms with van der Waals surface area (Å²) in [6, 6.07) is 4.34. The number of aromatic nitrogens is 2. The molecule has 0 spiro atoms. The van der Waals surface area contributed by atoms with Crippen molar-refractivity contribution in [2.24, 2.45) is 11.4 Å². The Balaban J connectivity index is 2.78. The van der Waals surface area contributed by atoms with Crippen molar-refractivity contribution in [2.75, 3.05) is 0 Å². The van der Waals surface area contributed by atoms with Gasteiger partial charge in [-0.1, -0.05) is 10.5 Å². The zero-order valence-corrected chi connectivity index (χ0v) is 13.1. The predicted molar refractivity (Wildman–Crippen MR) is 77.6 cm³/mol. The van der Waals surface area contributed by atoms with Gasteiger partial charge in [-0.3, -0.25) is 9.36 Å². The molecule has 1 aromatic heterocycles. The van der Waals surface area contributed by atoms with Crippen molar-refractivity contribution in [2.45, 2.75) is 11.1 Å². The summed E-state index contributed by atoms with van der Waals surface area (Å²) in [6.45, 7) is 0. The van der Waals surface area contributed by atoms with Gasteiger partial charge in [0.05, 0.1) is 10.6 Å². The van der Waals surface area contributed by atoms with Crippen LogP contribution in [0.15, 0.2) is 49.2 Å². The quantitative estimate of drug-likeness (QED) is 0.576. The van der Waals surface area contributed by atoms with Gasteiger partial charge in [-0.05, 0) is 18.2 Å². The molecule has 12 heteroatoms. The Kier molecular flexibility index (Phi) is 4.51. The van der Waals surface area contributed by atoms with Crippen molar-refractivity contribution < 1.29 is 26.4 Å². The van der Waals surface area contributed by atoms with Gasteiger partial charge in [-0.25, -0.2) is 14.2 Å². The van der Waals surface area contributed by atoms with Crippen LogP contribution in [0.4, 0.5) is 13.2 Å². The summed E-state index contributed by atoms with van der Waals surface area (Å²) < 4.78 is 65.0.